The fraction of sp³-hybridized carbons (Fsp3) is 0.702. The summed E-state index contributed by atoms with van der Waals surface area (Å²) < 4.78 is 97.0. The Morgan fingerprint density at radius 1 is 0.508 bits per heavy atom. The Kier molecular flexibility index (Phi) is 44.6. The third kappa shape index (κ3) is 33.1. The molecule has 0 saturated carbocycles. The number of hydrogen-bond acceptors (Lipinski definition) is 25. The van der Waals surface area contributed by atoms with Crippen LogP contribution < -0.4 is 5.32 Å². The van der Waals surface area contributed by atoms with E-state index in [2.05, 4.69) is 19.2 Å². The Labute approximate surface area is 711 Å². The molecular formula is C94H139NO25. The minimum absolute atomic E-state index is 0.0600. The van der Waals surface area contributed by atoms with Gasteiger partial charge in [0.05, 0.1) is 61.5 Å². The number of unbranched alkanes of at least 4 members (excludes halogenated alkanes) is 25. The van der Waals surface area contributed by atoms with Crippen LogP contribution in [0, 0.1) is 29.6 Å². The second-order valence-corrected chi connectivity index (χ2v) is 33.3. The van der Waals surface area contributed by atoms with Crippen LogP contribution in [0.3, 0.4) is 0 Å². The lowest BCUT2D eigenvalue weighted by Crippen LogP contribution is -2.66. The average molecular weight is 1680 g/mol. The molecule has 26 nitrogen and oxygen atoms in total. The average Bonchev–Trinajstić information content (AvgIpc) is 0.759. The molecular weight excluding hydrogens is 1540 g/mol. The molecule has 120 heavy (non-hydrogen) atoms. The van der Waals surface area contributed by atoms with E-state index in [9.17, 15) is 38.4 Å². The third-order valence-corrected chi connectivity index (χ3v) is 23.6. The summed E-state index contributed by atoms with van der Waals surface area (Å²) in [4.78, 5) is 141. The zero-order chi connectivity index (χ0) is 86.8. The summed E-state index contributed by atoms with van der Waals surface area (Å²) in [7, 11) is 1.14. The number of carbonyl (C=O) groups is 10. The van der Waals surface area contributed by atoms with Crippen LogP contribution in [0.15, 0.2) is 91.0 Å². The fourth-order valence-corrected chi connectivity index (χ4v) is 16.4. The van der Waals surface area contributed by atoms with Gasteiger partial charge in [0.25, 0.3) is 5.79 Å². The van der Waals surface area contributed by atoms with Gasteiger partial charge in [-0.2, -0.15) is 0 Å². The molecule has 0 spiro atoms. The zero-order valence-electron chi connectivity index (χ0n) is 73.2. The summed E-state index contributed by atoms with van der Waals surface area (Å²) in [5, 5.41) is 3.12. The van der Waals surface area contributed by atoms with Crippen molar-refractivity contribution in [2.45, 2.75) is 360 Å². The van der Waals surface area contributed by atoms with Crippen LogP contribution in [-0.2, 0) is 105 Å². The van der Waals surface area contributed by atoms with Crippen LogP contribution in [0.5, 0.6) is 0 Å². The molecule has 6 unspecified atom stereocenters. The van der Waals surface area contributed by atoms with Gasteiger partial charge in [-0.1, -0.05) is 264 Å². The number of cyclic esters (lactones) is 2. The Morgan fingerprint density at radius 2 is 1.01 bits per heavy atom. The zero-order valence-corrected chi connectivity index (χ0v) is 73.2. The highest BCUT2D eigenvalue weighted by molar-refractivity contribution is 5.90. The highest BCUT2D eigenvalue weighted by atomic mass is 16.8. The number of esters is 9. The summed E-state index contributed by atoms with van der Waals surface area (Å²) in [6, 6.07) is 23.0. The molecule has 3 aromatic rings. The summed E-state index contributed by atoms with van der Waals surface area (Å²) in [5.41, 5.74) is 0.376. The summed E-state index contributed by atoms with van der Waals surface area (Å²) >= 11 is 0. The minimum Gasteiger partial charge on any atom is -0.465 e. The molecule has 1 N–H and O–H groups in total. The molecule has 26 heteroatoms. The normalized spacial score (nSPS) is 26.5. The Morgan fingerprint density at radius 3 is 1.52 bits per heavy atom. The van der Waals surface area contributed by atoms with Gasteiger partial charge >= 0.3 is 53.7 Å². The molecule has 2 bridgehead atoms. The van der Waals surface area contributed by atoms with Crippen molar-refractivity contribution in [3.8, 4) is 0 Å². The van der Waals surface area contributed by atoms with Gasteiger partial charge in [0.2, 0.25) is 5.91 Å². The van der Waals surface area contributed by atoms with Gasteiger partial charge in [-0.3, -0.25) is 28.8 Å². The molecule has 7 rings (SSSR count). The molecule has 4 heterocycles. The maximum atomic E-state index is 15.1. The molecule has 0 radical (unpaired) electrons. The molecule has 0 aliphatic carbocycles. The van der Waals surface area contributed by atoms with E-state index in [-0.39, 0.29) is 42.6 Å². The summed E-state index contributed by atoms with van der Waals surface area (Å²) in [6.45, 7) is 14.8. The molecule has 4 aliphatic rings. The van der Waals surface area contributed by atoms with Gasteiger partial charge in [-0.05, 0) is 67.5 Å². The first-order valence-electron chi connectivity index (χ1n) is 44.8. The fourth-order valence-electron chi connectivity index (χ4n) is 16.4. The van der Waals surface area contributed by atoms with Crippen molar-refractivity contribution >= 4 is 59.6 Å². The monoisotopic (exact) mass is 1680 g/mol. The van der Waals surface area contributed by atoms with Gasteiger partial charge in [0.15, 0.2) is 30.9 Å². The maximum absolute atomic E-state index is 15.1. The molecule has 670 valence electrons. The van der Waals surface area contributed by atoms with E-state index in [4.69, 9.17) is 71.1 Å². The number of rotatable bonds is 48. The van der Waals surface area contributed by atoms with E-state index in [0.717, 1.165) is 71.3 Å². The minimum atomic E-state index is -2.40. The van der Waals surface area contributed by atoms with E-state index in [0.29, 0.717) is 12.8 Å². The van der Waals surface area contributed by atoms with E-state index in [1.807, 2.05) is 13.8 Å². The summed E-state index contributed by atoms with van der Waals surface area (Å²) in [5.74, 6) is -14.0. The molecule has 4 aliphatic heterocycles. The topological polar surface area (TPSA) is 321 Å². The predicted molar refractivity (Wildman–Crippen MR) is 446 cm³/mol. The number of fused-ring (bicyclic) bond motifs is 2. The molecule has 1 amide bonds. The van der Waals surface area contributed by atoms with E-state index in [1.54, 1.807) is 99.6 Å². The van der Waals surface area contributed by atoms with E-state index >= 15 is 9.59 Å². The number of benzene rings is 3. The van der Waals surface area contributed by atoms with Crippen molar-refractivity contribution in [3.05, 3.63) is 108 Å². The quantitative estimate of drug-likeness (QED) is 0.0312. The standard InChI is InChI=1S/C94H139NO25/c1-12-14-16-18-20-22-24-26-27-28-30-32-34-36-47-55-79(99)95-74-59-110-91-85(116-89(103)72-50-42-38-43-51-72)67(7)83(78(115-91)62-108-80(100)56-57-81(101)113-75(86(74)112-70(10)98)54-46-35-33-31-29-25-23-21-19-17-15-13-2)118-92-87(117-90(104)73-52-44-39-45-53-73)84(66(6)77(114-92)61-109-88(102)71-48-40-37-41-49-71)120-94(93(105)106-11)58-63(3)64(4)82(119-94)65(5)76(111-69(9)97)60-107-68(8)96/h37-45,48-53,63-67,74-78,82-87,91-92H,12-36,46-47,54-62H2,1-11H3,(H,95,99)/t63?,64-,65+,66-,67?,74-,75+,76?,77?,78-,82+,83-,84-,85?,86-,87?,91+,92-,94-/m0/s1. The smallest absolute Gasteiger partial charge is 0.366 e. The van der Waals surface area contributed by atoms with E-state index in [1.165, 1.54) is 129 Å². The first kappa shape index (κ1) is 99.2. The number of nitrogens with one attached hydrogen (secondary N) is 1. The van der Waals surface area contributed by atoms with Gasteiger partial charge in [0, 0.05) is 51.4 Å². The van der Waals surface area contributed by atoms with Crippen LogP contribution in [0.4, 0.5) is 0 Å². The molecule has 4 fully saturated rings. The number of ether oxygens (including phenoxy) is 15. The molecule has 4 saturated heterocycles. The SMILES string of the molecule is CCCCCCCCCCCCCCCCCC(=O)N[C@H]1CO[C@@H]2O[C@@H](COC(=O)CCC(=O)O[C@H](CCCCCCCCCCCCCC)[C@H]1OC(C)=O)[C@@H](O[C@@H]1OC(COC(=O)c3ccccc3)[C@H](C)[C@H](O[C@]3(C(=O)OC)CC(C)[C@H](C)[C@H]([C@H](C)C(COC(C)=O)OC(C)=O)O3)C1OC(=O)c1ccccc1)C(C)C2OC(=O)c1ccccc1. The maximum Gasteiger partial charge on any atom is 0.366 e. The van der Waals surface area contributed by atoms with Crippen molar-refractivity contribution in [1.82, 2.24) is 5.32 Å². The predicted octanol–water partition coefficient (Wildman–Crippen LogP) is 16.9. The first-order chi connectivity index (χ1) is 57.9. The number of amides is 1. The lowest BCUT2D eigenvalue weighted by molar-refractivity contribution is -0.376. The number of hydrogen-bond donors (Lipinski definition) is 1. The van der Waals surface area contributed by atoms with E-state index < -0.39 is 207 Å². The van der Waals surface area contributed by atoms with Crippen LogP contribution >= 0.6 is 0 Å². The van der Waals surface area contributed by atoms with Crippen molar-refractivity contribution in [2.75, 3.05) is 33.5 Å². The molecule has 3 aromatic carbocycles. The second kappa shape index (κ2) is 53.9. The molecule has 0 aromatic heterocycles. The highest BCUT2D eigenvalue weighted by Gasteiger charge is 2.60. The largest absolute Gasteiger partial charge is 0.465 e. The number of carbonyl (C=O) groups excluding carboxylic acids is 10. The van der Waals surface area contributed by atoms with Crippen molar-refractivity contribution in [1.29, 1.82) is 0 Å². The van der Waals surface area contributed by atoms with Crippen molar-refractivity contribution < 1.29 is 119 Å². The lowest BCUT2D eigenvalue weighted by Gasteiger charge is -2.52. The van der Waals surface area contributed by atoms with Crippen molar-refractivity contribution in [2.24, 2.45) is 29.6 Å². The molecule has 19 atom stereocenters. The van der Waals surface area contributed by atoms with Crippen LogP contribution in [0.1, 0.15) is 306 Å². The lowest BCUT2D eigenvalue weighted by atomic mass is 9.76. The second-order valence-electron chi connectivity index (χ2n) is 33.3. The van der Waals surface area contributed by atoms with Gasteiger partial charge < -0.3 is 76.4 Å². The first-order valence-corrected chi connectivity index (χ1v) is 44.8. The van der Waals surface area contributed by atoms with Crippen LogP contribution in [0.2, 0.25) is 0 Å². The van der Waals surface area contributed by atoms with Crippen molar-refractivity contribution in [3.63, 3.8) is 0 Å². The van der Waals surface area contributed by atoms with Gasteiger partial charge in [0.1, 0.15) is 50.3 Å². The summed E-state index contributed by atoms with van der Waals surface area (Å²) in [6.07, 6.45) is 11.5. The Balaban J connectivity index is 1.29. The van der Waals surface area contributed by atoms with Crippen LogP contribution in [-0.4, -0.2) is 179 Å². The van der Waals surface area contributed by atoms with Gasteiger partial charge in [-0.15, -0.1) is 0 Å². The Bertz CT molecular complexity index is 3550. The third-order valence-electron chi connectivity index (χ3n) is 23.6. The van der Waals surface area contributed by atoms with Crippen LogP contribution in [0.25, 0.3) is 0 Å². The highest BCUT2D eigenvalue weighted by Crippen LogP contribution is 2.46. The number of methoxy groups -OCH3 is 1. The van der Waals surface area contributed by atoms with Gasteiger partial charge in [-0.25, -0.2) is 19.2 Å². The Hall–Kier alpha value is -7.88.